The summed E-state index contributed by atoms with van der Waals surface area (Å²) in [6.45, 7) is 0. The standard InChI is InChI=1S/C18H13Cl4N/c19-13-6-4-9(8-15(13)21)17-11-3-1-2-10(11)12-5-7-14(20)16(22)18(12)23-17/h1-2,4-8,10-11,17,23H,3H2/t10-,11+,17+/m1/s1. The fourth-order valence-electron chi connectivity index (χ4n) is 3.64. The van der Waals surface area contributed by atoms with Crippen LogP contribution in [-0.4, -0.2) is 0 Å². The molecule has 0 saturated heterocycles. The lowest BCUT2D eigenvalue weighted by Crippen LogP contribution is -2.29. The van der Waals surface area contributed by atoms with Crippen molar-refractivity contribution in [1.29, 1.82) is 0 Å². The second kappa shape index (κ2) is 5.89. The lowest BCUT2D eigenvalue weighted by molar-refractivity contribution is 0.425. The molecule has 1 aliphatic heterocycles. The third-order valence-corrected chi connectivity index (χ3v) is 6.27. The van der Waals surface area contributed by atoms with Gasteiger partial charge in [-0.1, -0.05) is 70.7 Å². The molecule has 5 heteroatoms. The molecular formula is C18H13Cl4N. The van der Waals surface area contributed by atoms with Crippen LogP contribution in [0.2, 0.25) is 20.1 Å². The molecule has 0 saturated carbocycles. The van der Waals surface area contributed by atoms with Crippen molar-refractivity contribution in [2.24, 2.45) is 5.92 Å². The predicted octanol–water partition coefficient (Wildman–Crippen LogP) is 7.13. The van der Waals surface area contributed by atoms with Gasteiger partial charge >= 0.3 is 0 Å². The van der Waals surface area contributed by atoms with Crippen molar-refractivity contribution in [3.63, 3.8) is 0 Å². The van der Waals surface area contributed by atoms with E-state index in [0.717, 1.165) is 17.7 Å². The van der Waals surface area contributed by atoms with Crippen molar-refractivity contribution in [3.8, 4) is 0 Å². The van der Waals surface area contributed by atoms with Crippen LogP contribution in [0.25, 0.3) is 0 Å². The van der Waals surface area contributed by atoms with Crippen LogP contribution >= 0.6 is 46.4 Å². The van der Waals surface area contributed by atoms with Gasteiger partial charge in [0.1, 0.15) is 0 Å². The summed E-state index contributed by atoms with van der Waals surface area (Å²) in [6.07, 6.45) is 5.51. The summed E-state index contributed by atoms with van der Waals surface area (Å²) < 4.78 is 0. The molecule has 2 aromatic carbocycles. The van der Waals surface area contributed by atoms with E-state index < -0.39 is 0 Å². The quantitative estimate of drug-likeness (QED) is 0.515. The molecule has 0 unspecified atom stereocenters. The minimum atomic E-state index is 0.119. The van der Waals surface area contributed by atoms with Gasteiger partial charge in [0, 0.05) is 5.92 Å². The van der Waals surface area contributed by atoms with Crippen molar-refractivity contribution < 1.29 is 0 Å². The molecule has 0 spiro atoms. The van der Waals surface area contributed by atoms with Crippen molar-refractivity contribution in [2.75, 3.05) is 5.32 Å². The zero-order valence-corrected chi connectivity index (χ0v) is 15.0. The van der Waals surface area contributed by atoms with E-state index in [1.54, 1.807) is 0 Å². The van der Waals surface area contributed by atoms with Crippen LogP contribution < -0.4 is 5.32 Å². The molecule has 2 aromatic rings. The summed E-state index contributed by atoms with van der Waals surface area (Å²) in [6, 6.07) is 9.84. The first-order valence-corrected chi connectivity index (χ1v) is 8.93. The third kappa shape index (κ3) is 2.55. The number of halogens is 4. The van der Waals surface area contributed by atoms with Crippen LogP contribution in [0.3, 0.4) is 0 Å². The maximum Gasteiger partial charge on any atom is 0.0826 e. The van der Waals surface area contributed by atoms with Crippen LogP contribution in [0.4, 0.5) is 5.69 Å². The number of hydrogen-bond donors (Lipinski definition) is 1. The minimum absolute atomic E-state index is 0.119. The second-order valence-electron chi connectivity index (χ2n) is 5.97. The van der Waals surface area contributed by atoms with Crippen LogP contribution in [0.15, 0.2) is 42.5 Å². The Morgan fingerprint density at radius 3 is 2.48 bits per heavy atom. The lowest BCUT2D eigenvalue weighted by Gasteiger charge is -2.38. The van der Waals surface area contributed by atoms with Gasteiger partial charge in [-0.2, -0.15) is 0 Å². The van der Waals surface area contributed by atoms with Crippen molar-refractivity contribution in [3.05, 3.63) is 73.7 Å². The third-order valence-electron chi connectivity index (χ3n) is 4.73. The minimum Gasteiger partial charge on any atom is -0.376 e. The van der Waals surface area contributed by atoms with Crippen LogP contribution in [0.5, 0.6) is 0 Å². The normalized spacial score (nSPS) is 25.0. The van der Waals surface area contributed by atoms with E-state index in [-0.39, 0.29) is 6.04 Å². The van der Waals surface area contributed by atoms with Crippen molar-refractivity contribution >= 4 is 52.1 Å². The molecular weight excluding hydrogens is 372 g/mol. The van der Waals surface area contributed by atoms with Gasteiger partial charge in [0.2, 0.25) is 0 Å². The number of allylic oxidation sites excluding steroid dienone is 2. The highest BCUT2D eigenvalue weighted by Crippen LogP contribution is 2.52. The summed E-state index contributed by atoms with van der Waals surface area (Å²) >= 11 is 24.9. The largest absolute Gasteiger partial charge is 0.376 e. The average molecular weight is 385 g/mol. The average Bonchev–Trinajstić information content (AvgIpc) is 3.02. The van der Waals surface area contributed by atoms with Gasteiger partial charge in [0.05, 0.1) is 31.8 Å². The van der Waals surface area contributed by atoms with Gasteiger partial charge in [0.25, 0.3) is 0 Å². The van der Waals surface area contributed by atoms with E-state index >= 15 is 0 Å². The molecule has 0 amide bonds. The molecule has 0 aromatic heterocycles. The maximum absolute atomic E-state index is 6.45. The van der Waals surface area contributed by atoms with E-state index in [4.69, 9.17) is 46.4 Å². The first-order chi connectivity index (χ1) is 11.1. The van der Waals surface area contributed by atoms with E-state index in [2.05, 4.69) is 23.5 Å². The Labute approximate surface area is 155 Å². The number of hydrogen-bond acceptors (Lipinski definition) is 1. The summed E-state index contributed by atoms with van der Waals surface area (Å²) in [7, 11) is 0. The summed E-state index contributed by atoms with van der Waals surface area (Å²) in [5, 5.41) is 5.85. The Morgan fingerprint density at radius 1 is 0.913 bits per heavy atom. The first-order valence-electron chi connectivity index (χ1n) is 7.42. The van der Waals surface area contributed by atoms with Gasteiger partial charge in [0.15, 0.2) is 0 Å². The Kier molecular flexibility index (Phi) is 4.01. The molecule has 1 heterocycles. The number of rotatable bonds is 1. The molecule has 0 radical (unpaired) electrons. The van der Waals surface area contributed by atoms with Gasteiger partial charge in [-0.15, -0.1) is 0 Å². The fourth-order valence-corrected chi connectivity index (χ4v) is 4.33. The number of benzene rings is 2. The smallest absolute Gasteiger partial charge is 0.0826 e. The fraction of sp³-hybridized carbons (Fsp3) is 0.222. The molecule has 3 atom stereocenters. The van der Waals surface area contributed by atoms with Gasteiger partial charge in [-0.05, 0) is 41.7 Å². The molecule has 1 nitrogen and oxygen atoms in total. The number of fused-ring (bicyclic) bond motifs is 3. The monoisotopic (exact) mass is 383 g/mol. The van der Waals surface area contributed by atoms with Gasteiger partial charge < -0.3 is 5.32 Å². The van der Waals surface area contributed by atoms with Crippen LogP contribution in [0.1, 0.15) is 29.5 Å². The van der Waals surface area contributed by atoms with Gasteiger partial charge in [-0.25, -0.2) is 0 Å². The maximum atomic E-state index is 6.45. The molecule has 1 N–H and O–H groups in total. The van der Waals surface area contributed by atoms with Crippen LogP contribution in [-0.2, 0) is 0 Å². The highest BCUT2D eigenvalue weighted by molar-refractivity contribution is 6.44. The van der Waals surface area contributed by atoms with Crippen molar-refractivity contribution in [1.82, 2.24) is 0 Å². The second-order valence-corrected chi connectivity index (χ2v) is 7.57. The molecule has 2 aliphatic rings. The Hall–Kier alpha value is -0.860. The SMILES string of the molecule is Clc1ccc([C@@H]2Nc3c(ccc(Cl)c3Cl)[C@@H]3C=CC[C@@H]32)cc1Cl. The molecule has 0 bridgehead atoms. The van der Waals surface area contributed by atoms with E-state index in [1.807, 2.05) is 24.3 Å². The topological polar surface area (TPSA) is 12.0 Å². The Morgan fingerprint density at radius 2 is 1.70 bits per heavy atom. The van der Waals surface area contributed by atoms with Crippen LogP contribution in [0, 0.1) is 5.92 Å². The molecule has 4 rings (SSSR count). The van der Waals surface area contributed by atoms with E-state index in [0.29, 0.717) is 31.9 Å². The van der Waals surface area contributed by atoms with E-state index in [1.165, 1.54) is 5.56 Å². The number of nitrogens with one attached hydrogen (secondary N) is 1. The van der Waals surface area contributed by atoms with E-state index in [9.17, 15) is 0 Å². The van der Waals surface area contributed by atoms with Gasteiger partial charge in [-0.3, -0.25) is 0 Å². The molecule has 118 valence electrons. The molecule has 0 fully saturated rings. The number of anilines is 1. The zero-order chi connectivity index (χ0) is 16.1. The summed E-state index contributed by atoms with van der Waals surface area (Å²) in [4.78, 5) is 0. The summed E-state index contributed by atoms with van der Waals surface area (Å²) in [5.41, 5.74) is 3.23. The zero-order valence-electron chi connectivity index (χ0n) is 12.0. The van der Waals surface area contributed by atoms with Crippen molar-refractivity contribution in [2.45, 2.75) is 18.4 Å². The highest BCUT2D eigenvalue weighted by atomic mass is 35.5. The predicted molar refractivity (Wildman–Crippen MR) is 99.3 cm³/mol. The Bertz CT molecular complexity index is 815. The lowest BCUT2D eigenvalue weighted by atomic mass is 9.77. The Balaban J connectivity index is 1.83. The highest BCUT2D eigenvalue weighted by Gasteiger charge is 2.39. The first kappa shape index (κ1) is 15.7. The summed E-state index contributed by atoms with van der Waals surface area (Å²) in [5.74, 6) is 0.762. The molecule has 1 aliphatic carbocycles. The molecule has 23 heavy (non-hydrogen) atoms.